The Morgan fingerprint density at radius 3 is 2.41 bits per heavy atom. The van der Waals surface area contributed by atoms with Gasteiger partial charge in [-0.15, -0.1) is 0 Å². The van der Waals surface area contributed by atoms with E-state index in [0.29, 0.717) is 13.0 Å². The average Bonchev–Trinajstić information content (AvgIpc) is 2.47. The highest BCUT2D eigenvalue weighted by Crippen LogP contribution is 2.13. The van der Waals surface area contributed by atoms with Gasteiger partial charge in [-0.3, -0.25) is 0 Å². The molecule has 124 valence electrons. The highest BCUT2D eigenvalue weighted by molar-refractivity contribution is 5.74. The Balaban J connectivity index is 2.34. The fourth-order valence-corrected chi connectivity index (χ4v) is 2.06. The molecule has 3 N–H and O–H groups in total. The molecular formula is C17H28N2O3. The number of hydrogen-bond donors (Lipinski definition) is 3. The van der Waals surface area contributed by atoms with Crippen LogP contribution >= 0.6 is 0 Å². The zero-order valence-corrected chi connectivity index (χ0v) is 13.9. The van der Waals surface area contributed by atoms with Gasteiger partial charge in [-0.25, -0.2) is 4.79 Å². The first kappa shape index (κ1) is 18.3. The van der Waals surface area contributed by atoms with Crippen LogP contribution in [0.2, 0.25) is 0 Å². The minimum absolute atomic E-state index is 0.0293. The van der Waals surface area contributed by atoms with Crippen molar-refractivity contribution < 1.29 is 14.6 Å². The maximum absolute atomic E-state index is 11.9. The van der Waals surface area contributed by atoms with Gasteiger partial charge in [0, 0.05) is 12.6 Å². The van der Waals surface area contributed by atoms with E-state index in [1.54, 1.807) is 0 Å². The number of aryl methyl sites for hydroxylation is 1. The summed E-state index contributed by atoms with van der Waals surface area (Å²) in [5, 5.41) is 14.7. The van der Waals surface area contributed by atoms with Gasteiger partial charge < -0.3 is 20.5 Å². The first-order chi connectivity index (χ1) is 10.4. The van der Waals surface area contributed by atoms with Crippen molar-refractivity contribution in [3.05, 3.63) is 29.8 Å². The summed E-state index contributed by atoms with van der Waals surface area (Å²) < 4.78 is 5.74. The van der Waals surface area contributed by atoms with E-state index >= 15 is 0 Å². The molecule has 2 amide bonds. The number of aliphatic hydroxyl groups excluding tert-OH is 1. The third-order valence-corrected chi connectivity index (χ3v) is 3.47. The molecule has 22 heavy (non-hydrogen) atoms. The van der Waals surface area contributed by atoms with Crippen molar-refractivity contribution in [1.29, 1.82) is 0 Å². The minimum Gasteiger partial charge on any atom is -0.489 e. The van der Waals surface area contributed by atoms with Crippen molar-refractivity contribution in [2.24, 2.45) is 5.92 Å². The van der Waals surface area contributed by atoms with E-state index in [1.165, 1.54) is 5.56 Å². The van der Waals surface area contributed by atoms with Crippen molar-refractivity contribution in [2.75, 3.05) is 13.2 Å². The lowest BCUT2D eigenvalue weighted by molar-refractivity contribution is 0.199. The maximum Gasteiger partial charge on any atom is 0.315 e. The summed E-state index contributed by atoms with van der Waals surface area (Å²) in [5.74, 6) is 1.07. The molecule has 5 nitrogen and oxygen atoms in total. The summed E-state index contributed by atoms with van der Waals surface area (Å²) in [6, 6.07) is 7.56. The quantitative estimate of drug-likeness (QED) is 0.691. The van der Waals surface area contributed by atoms with E-state index in [4.69, 9.17) is 9.84 Å². The lowest BCUT2D eigenvalue weighted by atomic mass is 10.0. The molecule has 0 saturated carbocycles. The van der Waals surface area contributed by atoms with Crippen LogP contribution in [0, 0.1) is 12.8 Å². The van der Waals surface area contributed by atoms with Crippen molar-refractivity contribution in [3.63, 3.8) is 0 Å². The van der Waals surface area contributed by atoms with Gasteiger partial charge in [0.2, 0.25) is 0 Å². The number of benzene rings is 1. The lowest BCUT2D eigenvalue weighted by Crippen LogP contribution is -2.47. The number of carbonyl (C=O) groups excluding carboxylic acids is 1. The van der Waals surface area contributed by atoms with Crippen LogP contribution < -0.4 is 15.4 Å². The average molecular weight is 308 g/mol. The predicted molar refractivity (Wildman–Crippen MR) is 88.1 cm³/mol. The Bertz CT molecular complexity index is 446. The van der Waals surface area contributed by atoms with Gasteiger partial charge in [0.15, 0.2) is 0 Å². The second kappa shape index (κ2) is 9.30. The SMILES string of the molecule is Cc1ccc(OC(C)CNC(=O)NC(CCO)C(C)C)cc1. The molecule has 0 fully saturated rings. The standard InChI is InChI=1S/C17H28N2O3/c1-12(2)16(9-10-20)19-17(21)18-11-14(4)22-15-7-5-13(3)6-8-15/h5-8,12,14,16,20H,9-11H2,1-4H3,(H2,18,19,21). The molecule has 0 heterocycles. The van der Waals surface area contributed by atoms with Gasteiger partial charge >= 0.3 is 6.03 Å². The molecule has 2 unspecified atom stereocenters. The van der Waals surface area contributed by atoms with Crippen LogP contribution in [0.25, 0.3) is 0 Å². The molecule has 0 bridgehead atoms. The van der Waals surface area contributed by atoms with Crippen LogP contribution in [0.3, 0.4) is 0 Å². The largest absolute Gasteiger partial charge is 0.489 e. The molecular weight excluding hydrogens is 280 g/mol. The summed E-state index contributed by atoms with van der Waals surface area (Å²) in [6.07, 6.45) is 0.435. The van der Waals surface area contributed by atoms with Crippen molar-refractivity contribution in [1.82, 2.24) is 10.6 Å². The molecule has 0 aromatic heterocycles. The molecule has 0 saturated heterocycles. The summed E-state index contributed by atoms with van der Waals surface area (Å²) in [4.78, 5) is 11.9. The Morgan fingerprint density at radius 1 is 1.23 bits per heavy atom. The monoisotopic (exact) mass is 308 g/mol. The van der Waals surface area contributed by atoms with E-state index in [9.17, 15) is 4.79 Å². The highest BCUT2D eigenvalue weighted by atomic mass is 16.5. The topological polar surface area (TPSA) is 70.6 Å². The number of hydrogen-bond acceptors (Lipinski definition) is 3. The second-order valence-corrected chi connectivity index (χ2v) is 5.96. The zero-order chi connectivity index (χ0) is 16.5. The molecule has 5 heteroatoms. The van der Waals surface area contributed by atoms with Crippen molar-refractivity contribution >= 4 is 6.03 Å². The van der Waals surface area contributed by atoms with E-state index in [0.717, 1.165) is 5.75 Å². The molecule has 0 radical (unpaired) electrons. The summed E-state index contributed by atoms with van der Waals surface area (Å²) in [6.45, 7) is 8.46. The van der Waals surface area contributed by atoms with Crippen LogP contribution in [0.15, 0.2) is 24.3 Å². The lowest BCUT2D eigenvalue weighted by Gasteiger charge is -2.22. The molecule has 1 aromatic rings. The number of amides is 2. The number of urea groups is 1. The molecule has 0 aliphatic carbocycles. The third kappa shape index (κ3) is 6.80. The first-order valence-corrected chi connectivity index (χ1v) is 7.81. The maximum atomic E-state index is 11.9. The number of rotatable bonds is 8. The molecule has 0 aliphatic rings. The van der Waals surface area contributed by atoms with Crippen LogP contribution in [0.5, 0.6) is 5.75 Å². The van der Waals surface area contributed by atoms with Crippen LogP contribution in [-0.4, -0.2) is 36.4 Å². The molecule has 0 spiro atoms. The minimum atomic E-state index is -0.230. The summed E-state index contributed by atoms with van der Waals surface area (Å²) in [5.41, 5.74) is 1.18. The smallest absolute Gasteiger partial charge is 0.315 e. The normalized spacial score (nSPS) is 13.5. The van der Waals surface area contributed by atoms with E-state index in [1.807, 2.05) is 52.0 Å². The van der Waals surface area contributed by atoms with Gasteiger partial charge in [0.1, 0.15) is 11.9 Å². The van der Waals surface area contributed by atoms with Crippen molar-refractivity contribution in [2.45, 2.75) is 46.3 Å². The van der Waals surface area contributed by atoms with Gasteiger partial charge in [-0.2, -0.15) is 0 Å². The Morgan fingerprint density at radius 2 is 1.86 bits per heavy atom. The molecule has 0 aliphatic heterocycles. The van der Waals surface area contributed by atoms with Crippen LogP contribution in [0.1, 0.15) is 32.8 Å². The molecule has 1 rings (SSSR count). The third-order valence-electron chi connectivity index (χ3n) is 3.47. The van der Waals surface area contributed by atoms with E-state index in [2.05, 4.69) is 10.6 Å². The van der Waals surface area contributed by atoms with Gasteiger partial charge in [-0.05, 0) is 38.3 Å². The van der Waals surface area contributed by atoms with Crippen molar-refractivity contribution in [3.8, 4) is 5.75 Å². The van der Waals surface area contributed by atoms with Gasteiger partial charge in [0.25, 0.3) is 0 Å². The summed E-state index contributed by atoms with van der Waals surface area (Å²) in [7, 11) is 0. The number of nitrogens with one attached hydrogen (secondary N) is 2. The molecule has 2 atom stereocenters. The Labute approximate surface area is 133 Å². The van der Waals surface area contributed by atoms with Crippen LogP contribution in [0.4, 0.5) is 4.79 Å². The highest BCUT2D eigenvalue weighted by Gasteiger charge is 2.16. The summed E-state index contributed by atoms with van der Waals surface area (Å²) >= 11 is 0. The first-order valence-electron chi connectivity index (χ1n) is 7.81. The van der Waals surface area contributed by atoms with Gasteiger partial charge in [0.05, 0.1) is 6.54 Å². The van der Waals surface area contributed by atoms with E-state index < -0.39 is 0 Å². The predicted octanol–water partition coefficient (Wildman–Crippen LogP) is 2.47. The number of carbonyl (C=O) groups is 1. The van der Waals surface area contributed by atoms with E-state index in [-0.39, 0.29) is 30.7 Å². The zero-order valence-electron chi connectivity index (χ0n) is 13.9. The number of aliphatic hydroxyl groups is 1. The molecule has 1 aromatic carbocycles. The van der Waals surface area contributed by atoms with Crippen LogP contribution in [-0.2, 0) is 0 Å². The second-order valence-electron chi connectivity index (χ2n) is 5.96. The Hall–Kier alpha value is -1.75. The fourth-order valence-electron chi connectivity index (χ4n) is 2.06. The number of ether oxygens (including phenoxy) is 1. The fraction of sp³-hybridized carbons (Fsp3) is 0.588. The van der Waals surface area contributed by atoms with Gasteiger partial charge in [-0.1, -0.05) is 31.5 Å². The Kier molecular flexibility index (Phi) is 7.74.